The van der Waals surface area contributed by atoms with Crippen molar-refractivity contribution in [2.24, 2.45) is 0 Å². The fourth-order valence-corrected chi connectivity index (χ4v) is 2.13. The number of β-amino-alcohol motifs (C(OH)–C–C–N with tert-alkyl or cyclic N) is 1. The van der Waals surface area contributed by atoms with Gasteiger partial charge in [-0.1, -0.05) is 0 Å². The van der Waals surface area contributed by atoms with Crippen LogP contribution in [0.25, 0.3) is 0 Å². The van der Waals surface area contributed by atoms with Crippen LogP contribution in [0.3, 0.4) is 0 Å². The Balaban J connectivity index is 1.76. The first-order chi connectivity index (χ1) is 8.22. The maximum Gasteiger partial charge on any atom is 0.320 e. The lowest BCUT2D eigenvalue weighted by Crippen LogP contribution is -2.39. The number of aliphatic hydroxyl groups is 1. The highest BCUT2D eigenvalue weighted by molar-refractivity contribution is 5.77. The van der Waals surface area contributed by atoms with E-state index < -0.39 is 0 Å². The third kappa shape index (κ3) is 2.60. The molecule has 0 spiro atoms. The van der Waals surface area contributed by atoms with E-state index in [1.165, 1.54) is 0 Å². The minimum absolute atomic E-state index is 0.00584. The molecule has 4 amide bonds. The molecular formula is C10H18N4O3. The number of carbonyl (C=O) groups is 2. The van der Waals surface area contributed by atoms with Gasteiger partial charge in [-0.2, -0.15) is 0 Å². The Bertz CT molecular complexity index is 310. The zero-order valence-electron chi connectivity index (χ0n) is 9.76. The number of amides is 4. The Morgan fingerprint density at radius 1 is 1.00 bits per heavy atom. The number of nitrogens with zero attached hydrogens (tertiary/aromatic N) is 3. The third-order valence-electron chi connectivity index (χ3n) is 3.14. The van der Waals surface area contributed by atoms with Crippen LogP contribution in [0.2, 0.25) is 0 Å². The monoisotopic (exact) mass is 242 g/mol. The van der Waals surface area contributed by atoms with Gasteiger partial charge in [-0.15, -0.1) is 0 Å². The van der Waals surface area contributed by atoms with Crippen LogP contribution in [0.1, 0.15) is 0 Å². The van der Waals surface area contributed by atoms with Crippen LogP contribution in [0, 0.1) is 0 Å². The molecule has 0 radical (unpaired) electrons. The average molecular weight is 242 g/mol. The molecule has 2 rings (SSSR count). The van der Waals surface area contributed by atoms with Crippen LogP contribution >= 0.6 is 0 Å². The van der Waals surface area contributed by atoms with Gasteiger partial charge in [-0.25, -0.2) is 9.59 Å². The van der Waals surface area contributed by atoms with E-state index in [1.807, 2.05) is 0 Å². The van der Waals surface area contributed by atoms with Crippen molar-refractivity contribution < 1.29 is 14.7 Å². The van der Waals surface area contributed by atoms with Crippen LogP contribution < -0.4 is 5.32 Å². The summed E-state index contributed by atoms with van der Waals surface area (Å²) >= 11 is 0. The van der Waals surface area contributed by atoms with Crippen molar-refractivity contribution in [2.45, 2.75) is 0 Å². The highest BCUT2D eigenvalue weighted by Gasteiger charge is 2.28. The molecule has 17 heavy (non-hydrogen) atoms. The summed E-state index contributed by atoms with van der Waals surface area (Å²) in [4.78, 5) is 28.2. The molecule has 0 aromatic rings. The normalized spacial score (nSPS) is 20.4. The molecule has 7 nitrogen and oxygen atoms in total. The zero-order valence-corrected chi connectivity index (χ0v) is 9.76. The zero-order chi connectivity index (χ0) is 12.3. The van der Waals surface area contributed by atoms with E-state index in [2.05, 4.69) is 5.32 Å². The predicted molar refractivity (Wildman–Crippen MR) is 60.6 cm³/mol. The van der Waals surface area contributed by atoms with Gasteiger partial charge in [0.05, 0.1) is 6.61 Å². The Labute approximate surface area is 100.0 Å². The summed E-state index contributed by atoms with van der Waals surface area (Å²) in [5.41, 5.74) is 0. The van der Waals surface area contributed by atoms with Crippen molar-refractivity contribution in [3.63, 3.8) is 0 Å². The van der Waals surface area contributed by atoms with Crippen molar-refractivity contribution in [2.75, 3.05) is 52.4 Å². The molecule has 2 fully saturated rings. The smallest absolute Gasteiger partial charge is 0.320 e. The molecule has 7 heteroatoms. The standard InChI is InChI=1S/C10H18N4O3/c15-8-7-14-6-5-13(10(14)17)4-3-12-2-1-11-9(12)16/h15H,1-8H2,(H,11,16). The van der Waals surface area contributed by atoms with Crippen molar-refractivity contribution in [1.82, 2.24) is 20.0 Å². The van der Waals surface area contributed by atoms with Crippen LogP contribution in [0.5, 0.6) is 0 Å². The molecule has 0 aliphatic carbocycles. The molecule has 0 bridgehead atoms. The van der Waals surface area contributed by atoms with E-state index >= 15 is 0 Å². The molecule has 0 atom stereocenters. The van der Waals surface area contributed by atoms with Gasteiger partial charge in [0, 0.05) is 45.8 Å². The second kappa shape index (κ2) is 5.22. The second-order valence-electron chi connectivity index (χ2n) is 4.20. The summed E-state index contributed by atoms with van der Waals surface area (Å²) in [7, 11) is 0. The number of hydrogen-bond donors (Lipinski definition) is 2. The molecule has 0 aromatic heterocycles. The lowest BCUT2D eigenvalue weighted by Gasteiger charge is -2.21. The fourth-order valence-electron chi connectivity index (χ4n) is 2.13. The highest BCUT2D eigenvalue weighted by Crippen LogP contribution is 2.08. The SMILES string of the molecule is O=C1NCCN1CCN1CCN(CCO)C1=O. The van der Waals surface area contributed by atoms with Gasteiger partial charge in [-0.3, -0.25) is 0 Å². The lowest BCUT2D eigenvalue weighted by atomic mass is 10.5. The van der Waals surface area contributed by atoms with Gasteiger partial charge in [0.1, 0.15) is 0 Å². The average Bonchev–Trinajstić information content (AvgIpc) is 2.86. The molecule has 2 N–H and O–H groups in total. The molecular weight excluding hydrogens is 224 g/mol. The number of carbonyl (C=O) groups excluding carboxylic acids is 2. The topological polar surface area (TPSA) is 76.1 Å². The van der Waals surface area contributed by atoms with Gasteiger partial charge < -0.3 is 25.1 Å². The minimum Gasteiger partial charge on any atom is -0.395 e. The minimum atomic E-state index is -0.0520. The summed E-state index contributed by atoms with van der Waals surface area (Å²) in [6.45, 7) is 4.25. The quantitative estimate of drug-likeness (QED) is 0.632. The summed E-state index contributed by atoms with van der Waals surface area (Å²) < 4.78 is 0. The van der Waals surface area contributed by atoms with Gasteiger partial charge >= 0.3 is 12.1 Å². The van der Waals surface area contributed by atoms with Gasteiger partial charge in [-0.05, 0) is 0 Å². The lowest BCUT2D eigenvalue weighted by molar-refractivity contribution is 0.174. The fraction of sp³-hybridized carbons (Fsp3) is 0.800. The van der Waals surface area contributed by atoms with E-state index in [1.54, 1.807) is 14.7 Å². The van der Waals surface area contributed by atoms with Crippen molar-refractivity contribution in [3.05, 3.63) is 0 Å². The Morgan fingerprint density at radius 2 is 1.65 bits per heavy atom. The Morgan fingerprint density at radius 3 is 2.24 bits per heavy atom. The molecule has 0 unspecified atom stereocenters. The molecule has 0 aromatic carbocycles. The number of aliphatic hydroxyl groups excluding tert-OH is 1. The van der Waals surface area contributed by atoms with Gasteiger partial charge in [0.25, 0.3) is 0 Å². The molecule has 96 valence electrons. The maximum atomic E-state index is 11.8. The van der Waals surface area contributed by atoms with Crippen LogP contribution in [0.4, 0.5) is 9.59 Å². The van der Waals surface area contributed by atoms with E-state index in [0.717, 1.165) is 0 Å². The van der Waals surface area contributed by atoms with Gasteiger partial charge in [0.15, 0.2) is 0 Å². The van der Waals surface area contributed by atoms with Crippen molar-refractivity contribution in [1.29, 1.82) is 0 Å². The number of nitrogens with one attached hydrogen (secondary N) is 1. The first-order valence-electron chi connectivity index (χ1n) is 5.90. The number of hydrogen-bond acceptors (Lipinski definition) is 3. The van der Waals surface area contributed by atoms with E-state index in [-0.39, 0.29) is 18.7 Å². The van der Waals surface area contributed by atoms with Crippen molar-refractivity contribution in [3.8, 4) is 0 Å². The summed E-state index contributed by atoms with van der Waals surface area (Å²) in [6, 6.07) is -0.0949. The van der Waals surface area contributed by atoms with Crippen LogP contribution in [-0.4, -0.2) is 84.3 Å². The molecule has 2 saturated heterocycles. The summed E-state index contributed by atoms with van der Waals surface area (Å²) in [5.74, 6) is 0. The summed E-state index contributed by atoms with van der Waals surface area (Å²) in [5, 5.41) is 11.5. The van der Waals surface area contributed by atoms with E-state index in [4.69, 9.17) is 5.11 Å². The Hall–Kier alpha value is -1.50. The Kier molecular flexibility index (Phi) is 3.68. The maximum absolute atomic E-state index is 11.8. The van der Waals surface area contributed by atoms with Gasteiger partial charge in [0.2, 0.25) is 0 Å². The predicted octanol–water partition coefficient (Wildman–Crippen LogP) is -1.26. The molecule has 2 heterocycles. The third-order valence-corrected chi connectivity index (χ3v) is 3.14. The second-order valence-corrected chi connectivity index (χ2v) is 4.20. The molecule has 2 aliphatic rings. The largest absolute Gasteiger partial charge is 0.395 e. The summed E-state index contributed by atoms with van der Waals surface area (Å²) in [6.07, 6.45) is 0. The van der Waals surface area contributed by atoms with Crippen LogP contribution in [0.15, 0.2) is 0 Å². The highest BCUT2D eigenvalue weighted by atomic mass is 16.3. The molecule has 0 saturated carbocycles. The first-order valence-corrected chi connectivity index (χ1v) is 5.90. The van der Waals surface area contributed by atoms with E-state index in [9.17, 15) is 9.59 Å². The number of urea groups is 2. The van der Waals surface area contributed by atoms with Crippen LogP contribution in [-0.2, 0) is 0 Å². The van der Waals surface area contributed by atoms with Crippen molar-refractivity contribution >= 4 is 12.1 Å². The molecule has 2 aliphatic heterocycles. The van der Waals surface area contributed by atoms with E-state index in [0.29, 0.717) is 45.8 Å². The first kappa shape index (κ1) is 12.0. The number of rotatable bonds is 5.